The third-order valence-electron chi connectivity index (χ3n) is 4.73. The normalized spacial score (nSPS) is 11.9. The van der Waals surface area contributed by atoms with E-state index in [1.165, 1.54) is 18.2 Å². The van der Waals surface area contributed by atoms with E-state index in [2.05, 4.69) is 5.32 Å². The molecule has 3 N–H and O–H groups in total. The summed E-state index contributed by atoms with van der Waals surface area (Å²) >= 11 is 0. The highest BCUT2D eigenvalue weighted by molar-refractivity contribution is 5.81. The molecule has 0 bridgehead atoms. The zero-order chi connectivity index (χ0) is 25.4. The molecule has 0 saturated carbocycles. The van der Waals surface area contributed by atoms with Gasteiger partial charge < -0.3 is 29.7 Å². The minimum Gasteiger partial charge on any atom is -0.508 e. The van der Waals surface area contributed by atoms with Gasteiger partial charge in [-0.15, -0.1) is 0 Å². The molecule has 0 heterocycles. The summed E-state index contributed by atoms with van der Waals surface area (Å²) in [6.07, 6.45) is -0.566. The maximum absolute atomic E-state index is 12.8. The van der Waals surface area contributed by atoms with Crippen LogP contribution in [0.15, 0.2) is 72.8 Å². The van der Waals surface area contributed by atoms with Crippen molar-refractivity contribution in [2.24, 2.45) is 0 Å². The number of alkyl carbamates (subject to hydrolysis) is 1. The number of esters is 1. The summed E-state index contributed by atoms with van der Waals surface area (Å²) < 4.78 is 16.4. The Labute approximate surface area is 204 Å². The molecule has 0 unspecified atom stereocenters. The molecule has 35 heavy (non-hydrogen) atoms. The molecule has 0 aliphatic rings. The Morgan fingerprint density at radius 3 is 2.26 bits per heavy atom. The SMILES string of the molecule is CC(C)(C)OC(=O)N[C@@H](Cc1ccc(Oc2cc(O)ccc2O)cc1)C(=O)OCc1ccccc1. The topological polar surface area (TPSA) is 114 Å². The molecular weight excluding hydrogens is 450 g/mol. The summed E-state index contributed by atoms with van der Waals surface area (Å²) in [5, 5.41) is 22.1. The first-order valence-electron chi connectivity index (χ1n) is 11.1. The monoisotopic (exact) mass is 479 g/mol. The molecule has 3 aromatic carbocycles. The lowest BCUT2D eigenvalue weighted by Crippen LogP contribution is -2.45. The predicted octanol–water partition coefficient (Wildman–Crippen LogP) is 5.07. The lowest BCUT2D eigenvalue weighted by atomic mass is 10.1. The molecule has 184 valence electrons. The number of benzene rings is 3. The Balaban J connectivity index is 1.69. The molecular formula is C27H29NO7. The first kappa shape index (κ1) is 25.4. The van der Waals surface area contributed by atoms with Crippen LogP contribution in [0.25, 0.3) is 0 Å². The van der Waals surface area contributed by atoms with Crippen molar-refractivity contribution < 1.29 is 34.0 Å². The van der Waals surface area contributed by atoms with Crippen LogP contribution in [0.2, 0.25) is 0 Å². The van der Waals surface area contributed by atoms with Gasteiger partial charge in [-0.3, -0.25) is 0 Å². The fourth-order valence-electron chi connectivity index (χ4n) is 3.11. The molecule has 0 radical (unpaired) electrons. The Hall–Kier alpha value is -4.20. The van der Waals surface area contributed by atoms with Crippen LogP contribution in [-0.4, -0.2) is 33.9 Å². The van der Waals surface area contributed by atoms with Gasteiger partial charge >= 0.3 is 12.1 Å². The highest BCUT2D eigenvalue weighted by Gasteiger charge is 2.26. The van der Waals surface area contributed by atoms with Crippen molar-refractivity contribution in [3.63, 3.8) is 0 Å². The predicted molar refractivity (Wildman–Crippen MR) is 129 cm³/mol. The largest absolute Gasteiger partial charge is 0.508 e. The van der Waals surface area contributed by atoms with Crippen LogP contribution in [-0.2, 0) is 27.3 Å². The number of rotatable bonds is 8. The van der Waals surface area contributed by atoms with Crippen molar-refractivity contribution >= 4 is 12.1 Å². The van der Waals surface area contributed by atoms with Gasteiger partial charge in [-0.2, -0.15) is 0 Å². The van der Waals surface area contributed by atoms with Gasteiger partial charge in [0.1, 0.15) is 29.7 Å². The zero-order valence-corrected chi connectivity index (χ0v) is 19.9. The average Bonchev–Trinajstić information content (AvgIpc) is 2.80. The Kier molecular flexibility index (Phi) is 8.20. The van der Waals surface area contributed by atoms with Gasteiger partial charge in [0.05, 0.1) is 0 Å². The minimum absolute atomic E-state index is 0.0421. The number of nitrogens with one attached hydrogen (secondary N) is 1. The molecule has 0 aliphatic carbocycles. The highest BCUT2D eigenvalue weighted by atomic mass is 16.6. The second-order valence-corrected chi connectivity index (χ2v) is 8.89. The molecule has 3 rings (SSSR count). The number of hydrogen-bond donors (Lipinski definition) is 3. The van der Waals surface area contributed by atoms with Gasteiger partial charge in [0.15, 0.2) is 11.5 Å². The second kappa shape index (κ2) is 11.3. The molecule has 8 nitrogen and oxygen atoms in total. The number of ether oxygens (including phenoxy) is 3. The summed E-state index contributed by atoms with van der Waals surface area (Å²) in [6, 6.07) is 19.0. The number of phenolic OH excluding ortho intramolecular Hbond substituents is 2. The van der Waals surface area contributed by atoms with Crippen LogP contribution in [0.1, 0.15) is 31.9 Å². The Bertz CT molecular complexity index is 1140. The fraction of sp³-hybridized carbons (Fsp3) is 0.259. The van der Waals surface area contributed by atoms with Crippen molar-refractivity contribution in [1.82, 2.24) is 5.32 Å². The second-order valence-electron chi connectivity index (χ2n) is 8.89. The Morgan fingerprint density at radius 1 is 0.914 bits per heavy atom. The van der Waals surface area contributed by atoms with Gasteiger partial charge in [-0.1, -0.05) is 42.5 Å². The van der Waals surface area contributed by atoms with E-state index in [4.69, 9.17) is 14.2 Å². The van der Waals surface area contributed by atoms with E-state index in [9.17, 15) is 19.8 Å². The van der Waals surface area contributed by atoms with Gasteiger partial charge in [0.25, 0.3) is 0 Å². The summed E-state index contributed by atoms with van der Waals surface area (Å²) in [5.41, 5.74) is 0.836. The number of hydrogen-bond acceptors (Lipinski definition) is 7. The molecule has 0 aromatic heterocycles. The van der Waals surface area contributed by atoms with E-state index in [0.29, 0.717) is 5.75 Å². The number of aromatic hydroxyl groups is 2. The molecule has 0 fully saturated rings. The third-order valence-corrected chi connectivity index (χ3v) is 4.73. The maximum atomic E-state index is 12.8. The lowest BCUT2D eigenvalue weighted by molar-refractivity contribution is -0.147. The van der Waals surface area contributed by atoms with Gasteiger partial charge in [-0.25, -0.2) is 9.59 Å². The zero-order valence-electron chi connectivity index (χ0n) is 19.9. The van der Waals surface area contributed by atoms with Crippen LogP contribution >= 0.6 is 0 Å². The quantitative estimate of drug-likeness (QED) is 0.305. The number of carbonyl (C=O) groups is 2. The molecule has 1 amide bonds. The standard InChI is InChI=1S/C27H29NO7/c1-27(2,3)35-26(32)28-22(25(31)33-17-19-7-5-4-6-8-19)15-18-9-12-21(13-10-18)34-24-16-20(29)11-14-23(24)30/h4-14,16,22,29-30H,15,17H2,1-3H3,(H,28,32)/t22-/m0/s1. The molecule has 3 aromatic rings. The van der Waals surface area contributed by atoms with Crippen LogP contribution in [0.3, 0.4) is 0 Å². The summed E-state index contributed by atoms with van der Waals surface area (Å²) in [4.78, 5) is 25.2. The lowest BCUT2D eigenvalue weighted by Gasteiger charge is -2.23. The maximum Gasteiger partial charge on any atom is 0.408 e. The van der Waals surface area contributed by atoms with E-state index in [1.54, 1.807) is 45.0 Å². The van der Waals surface area contributed by atoms with Crippen molar-refractivity contribution in [2.45, 2.75) is 45.4 Å². The van der Waals surface area contributed by atoms with Crippen LogP contribution in [0.5, 0.6) is 23.0 Å². The molecule has 0 aliphatic heterocycles. The number of carbonyl (C=O) groups excluding carboxylic acids is 2. The van der Waals surface area contributed by atoms with Gasteiger partial charge in [0.2, 0.25) is 0 Å². The first-order chi connectivity index (χ1) is 16.6. The van der Waals surface area contributed by atoms with Crippen molar-refractivity contribution in [3.05, 3.63) is 83.9 Å². The van der Waals surface area contributed by atoms with E-state index in [-0.39, 0.29) is 30.3 Å². The van der Waals surface area contributed by atoms with E-state index < -0.39 is 23.7 Å². The Morgan fingerprint density at radius 2 is 1.60 bits per heavy atom. The number of amides is 1. The van der Waals surface area contributed by atoms with Crippen LogP contribution in [0.4, 0.5) is 4.79 Å². The molecule has 8 heteroatoms. The number of phenols is 2. The van der Waals surface area contributed by atoms with Gasteiger partial charge in [0, 0.05) is 12.5 Å². The van der Waals surface area contributed by atoms with Crippen molar-refractivity contribution in [3.8, 4) is 23.0 Å². The average molecular weight is 480 g/mol. The fourth-order valence-corrected chi connectivity index (χ4v) is 3.11. The summed E-state index contributed by atoms with van der Waals surface area (Å²) in [6.45, 7) is 5.28. The highest BCUT2D eigenvalue weighted by Crippen LogP contribution is 2.33. The molecule has 0 saturated heterocycles. The van der Waals surface area contributed by atoms with E-state index in [0.717, 1.165) is 11.1 Å². The smallest absolute Gasteiger partial charge is 0.408 e. The third kappa shape index (κ3) is 8.26. The first-order valence-corrected chi connectivity index (χ1v) is 11.1. The molecule has 1 atom stereocenters. The van der Waals surface area contributed by atoms with Crippen LogP contribution < -0.4 is 10.1 Å². The van der Waals surface area contributed by atoms with E-state index in [1.807, 2.05) is 30.3 Å². The van der Waals surface area contributed by atoms with Gasteiger partial charge in [-0.05, 0) is 56.2 Å². The summed E-state index contributed by atoms with van der Waals surface area (Å²) in [5.74, 6) is -0.233. The molecule has 0 spiro atoms. The summed E-state index contributed by atoms with van der Waals surface area (Å²) in [7, 11) is 0. The van der Waals surface area contributed by atoms with Crippen LogP contribution in [0, 0.1) is 0 Å². The van der Waals surface area contributed by atoms with Crippen molar-refractivity contribution in [2.75, 3.05) is 0 Å². The minimum atomic E-state index is -0.976. The van der Waals surface area contributed by atoms with E-state index >= 15 is 0 Å². The van der Waals surface area contributed by atoms with Crippen molar-refractivity contribution in [1.29, 1.82) is 0 Å².